The molecule has 0 unspecified atom stereocenters. The summed E-state index contributed by atoms with van der Waals surface area (Å²) in [5.41, 5.74) is 0.357. The van der Waals surface area contributed by atoms with Crippen molar-refractivity contribution < 1.29 is 66.6 Å². The Kier molecular flexibility index (Phi) is 13.6. The minimum atomic E-state index is -3.22. The molecule has 2 saturated heterocycles. The van der Waals surface area contributed by atoms with Gasteiger partial charge >= 0.3 is 23.5 Å². The van der Waals surface area contributed by atoms with Crippen LogP contribution in [0.15, 0.2) is 94.1 Å². The third-order valence-electron chi connectivity index (χ3n) is 10.6. The van der Waals surface area contributed by atoms with Crippen molar-refractivity contribution >= 4 is 47.6 Å². The Bertz CT molecular complexity index is 2150. The van der Waals surface area contributed by atoms with E-state index in [-0.39, 0.29) is 17.9 Å². The van der Waals surface area contributed by atoms with Gasteiger partial charge in [-0.15, -0.1) is 0 Å². The maximum atomic E-state index is 12.5. The van der Waals surface area contributed by atoms with Crippen LogP contribution in [0.5, 0.6) is 5.75 Å². The van der Waals surface area contributed by atoms with Gasteiger partial charge in [-0.3, -0.25) is 14.4 Å². The highest BCUT2D eigenvalue weighted by Gasteiger charge is 2.56. The van der Waals surface area contributed by atoms with Gasteiger partial charge in [-0.1, -0.05) is 81.4 Å². The quantitative estimate of drug-likeness (QED) is 0.0911. The van der Waals surface area contributed by atoms with E-state index in [0.717, 1.165) is 31.1 Å². The van der Waals surface area contributed by atoms with Crippen LogP contribution < -0.4 is 20.7 Å². The van der Waals surface area contributed by atoms with Gasteiger partial charge in [0, 0.05) is 38.3 Å². The van der Waals surface area contributed by atoms with E-state index in [9.17, 15) is 29.4 Å². The number of benzene rings is 3. The van der Waals surface area contributed by atoms with Crippen LogP contribution in [-0.4, -0.2) is 104 Å². The smallest absolute Gasteiger partial charge is 0.336 e. The van der Waals surface area contributed by atoms with Gasteiger partial charge in [0.05, 0.1) is 12.7 Å². The van der Waals surface area contributed by atoms with Gasteiger partial charge in [0.2, 0.25) is 6.29 Å². The van der Waals surface area contributed by atoms with E-state index in [1.807, 2.05) is 60.7 Å². The summed E-state index contributed by atoms with van der Waals surface area (Å²) >= 11 is 0. The van der Waals surface area contributed by atoms with Crippen LogP contribution in [0.2, 0.25) is 5.04 Å². The monoisotopic (exact) mass is 848 g/mol. The minimum Gasteiger partial charge on any atom is -0.462 e. The van der Waals surface area contributed by atoms with Crippen LogP contribution >= 0.6 is 0 Å². The Balaban J connectivity index is 1.40. The molecule has 10 atom stereocenters. The summed E-state index contributed by atoms with van der Waals surface area (Å²) in [4.78, 5) is 49.2. The maximum Gasteiger partial charge on any atom is 0.336 e. The second-order valence-electron chi connectivity index (χ2n) is 16.1. The van der Waals surface area contributed by atoms with Crippen molar-refractivity contribution in [3.63, 3.8) is 0 Å². The molecule has 3 heterocycles. The van der Waals surface area contributed by atoms with Gasteiger partial charge in [0.15, 0.2) is 24.6 Å². The lowest BCUT2D eigenvalue weighted by atomic mass is 9.96. The third kappa shape index (κ3) is 9.49. The summed E-state index contributed by atoms with van der Waals surface area (Å²) in [6.07, 6.45) is -14.5. The number of carbonyl (C=O) groups is 3. The molecule has 0 radical (unpaired) electrons. The topological polar surface area (TPSA) is 196 Å². The van der Waals surface area contributed by atoms with Crippen molar-refractivity contribution in [2.45, 2.75) is 122 Å². The predicted octanol–water partition coefficient (Wildman–Crippen LogP) is 3.43. The van der Waals surface area contributed by atoms with Gasteiger partial charge in [-0.2, -0.15) is 0 Å². The first kappa shape index (κ1) is 44.6. The molecular formula is C44H52O15Si. The molecule has 60 heavy (non-hydrogen) atoms. The van der Waals surface area contributed by atoms with Crippen molar-refractivity contribution in [3.8, 4) is 5.75 Å². The van der Waals surface area contributed by atoms with Crippen LogP contribution in [0.25, 0.3) is 11.0 Å². The summed E-state index contributed by atoms with van der Waals surface area (Å²) in [7, 11) is -3.22. The molecule has 6 rings (SSSR count). The van der Waals surface area contributed by atoms with Gasteiger partial charge in [-0.25, -0.2) is 4.79 Å². The molecule has 4 aromatic rings. The summed E-state index contributed by atoms with van der Waals surface area (Å²) in [5.74, 6) is -2.14. The molecule has 322 valence electrons. The normalized spacial score (nSPS) is 27.2. The van der Waals surface area contributed by atoms with Crippen molar-refractivity contribution in [2.24, 2.45) is 0 Å². The Morgan fingerprint density at radius 2 is 1.28 bits per heavy atom. The third-order valence-corrected chi connectivity index (χ3v) is 15.6. The molecule has 0 aliphatic carbocycles. The number of aryl methyl sites for hydroxylation is 1. The molecule has 1 aromatic heterocycles. The van der Waals surface area contributed by atoms with E-state index in [1.165, 1.54) is 19.1 Å². The first-order valence-electron chi connectivity index (χ1n) is 19.7. The number of fused-ring (bicyclic) bond motifs is 1. The molecule has 2 N–H and O–H groups in total. The molecule has 0 bridgehead atoms. The van der Waals surface area contributed by atoms with E-state index >= 15 is 0 Å². The van der Waals surface area contributed by atoms with Gasteiger partial charge in [0.25, 0.3) is 8.32 Å². The predicted molar refractivity (Wildman–Crippen MR) is 218 cm³/mol. The minimum absolute atomic E-state index is 0.154. The van der Waals surface area contributed by atoms with Crippen LogP contribution in [0.3, 0.4) is 0 Å². The number of aliphatic hydroxyl groups excluding tert-OH is 2. The molecule has 2 fully saturated rings. The van der Waals surface area contributed by atoms with E-state index in [2.05, 4.69) is 20.8 Å². The highest BCUT2D eigenvalue weighted by atomic mass is 28.4. The van der Waals surface area contributed by atoms with E-state index in [4.69, 9.17) is 42.0 Å². The second-order valence-corrected chi connectivity index (χ2v) is 20.4. The lowest BCUT2D eigenvalue weighted by Crippen LogP contribution is -2.69. The average Bonchev–Trinajstić information content (AvgIpc) is 3.17. The lowest BCUT2D eigenvalue weighted by Gasteiger charge is -2.48. The maximum absolute atomic E-state index is 12.5. The number of ether oxygens (including phenoxy) is 7. The highest BCUT2D eigenvalue weighted by molar-refractivity contribution is 6.99. The fourth-order valence-electron chi connectivity index (χ4n) is 8.01. The summed E-state index contributed by atoms with van der Waals surface area (Å²) in [6.45, 7) is 12.8. The number of carbonyl (C=O) groups excluding carboxylic acids is 3. The molecule has 2 aliphatic rings. The fourth-order valence-corrected chi connectivity index (χ4v) is 12.6. The number of rotatable bonds is 12. The van der Waals surface area contributed by atoms with Gasteiger partial charge in [0.1, 0.15) is 35.7 Å². The number of hydrogen-bond acceptors (Lipinski definition) is 15. The number of hydrogen-bond donors (Lipinski definition) is 2. The number of aliphatic hydroxyl groups is 2. The summed E-state index contributed by atoms with van der Waals surface area (Å²) < 4.78 is 54.3. The fraction of sp³-hybridized carbons (Fsp3) is 0.455. The van der Waals surface area contributed by atoms with Crippen LogP contribution in [0, 0.1) is 6.92 Å². The van der Waals surface area contributed by atoms with Crippen LogP contribution in [-0.2, 0) is 47.2 Å². The van der Waals surface area contributed by atoms with E-state index < -0.39 is 98.3 Å². The van der Waals surface area contributed by atoms with Gasteiger partial charge < -0.3 is 52.2 Å². The van der Waals surface area contributed by atoms with Crippen LogP contribution in [0.4, 0.5) is 0 Å². The Hall–Kier alpha value is -4.94. The zero-order valence-electron chi connectivity index (χ0n) is 34.8. The van der Waals surface area contributed by atoms with E-state index in [0.29, 0.717) is 10.9 Å². The lowest BCUT2D eigenvalue weighted by molar-refractivity contribution is -0.350. The van der Waals surface area contributed by atoms with Crippen molar-refractivity contribution in [2.75, 3.05) is 6.61 Å². The zero-order valence-corrected chi connectivity index (χ0v) is 35.8. The summed E-state index contributed by atoms with van der Waals surface area (Å²) in [5, 5.41) is 26.3. The molecule has 0 spiro atoms. The summed E-state index contributed by atoms with van der Waals surface area (Å²) in [6, 6.07) is 25.8. The highest BCUT2D eigenvalue weighted by Crippen LogP contribution is 2.39. The first-order valence-corrected chi connectivity index (χ1v) is 21.6. The van der Waals surface area contributed by atoms with Crippen LogP contribution in [0.1, 0.15) is 54.0 Å². The molecule has 2 aliphatic heterocycles. The molecule has 0 amide bonds. The van der Waals surface area contributed by atoms with Crippen molar-refractivity contribution in [1.29, 1.82) is 0 Å². The van der Waals surface area contributed by atoms with Crippen molar-refractivity contribution in [3.05, 3.63) is 101 Å². The molecule has 15 nitrogen and oxygen atoms in total. The molecule has 16 heteroatoms. The Labute approximate surface area is 348 Å². The Morgan fingerprint density at radius 1 is 0.717 bits per heavy atom. The largest absolute Gasteiger partial charge is 0.462 e. The van der Waals surface area contributed by atoms with E-state index in [1.54, 1.807) is 19.1 Å². The molecular weight excluding hydrogens is 797 g/mol. The Morgan fingerprint density at radius 3 is 1.85 bits per heavy atom. The number of esters is 3. The zero-order chi connectivity index (χ0) is 43.5. The van der Waals surface area contributed by atoms with Crippen molar-refractivity contribution in [1.82, 2.24) is 0 Å². The molecule has 0 saturated carbocycles. The SMILES string of the molecule is CC(=O)O[C@H]1[C@H](OC(C)=O)[C@H](O[C@H]2[C@@H](O)[C@@H](CO[Si](c3ccccc3)(c3ccccc3)C(C)(C)C)O[C@@H](Oc3ccc4c(C)cc(=O)oc4c3)[C@@H]2O)O[C@@H](C)[C@H]1OC(C)=O. The second kappa shape index (κ2) is 18.4. The standard InChI is InChI=1S/C44H52O15Si/c1-24-21-35(48)57-33-22-29(19-20-32(24)33)56-42-37(50)39(59-43-41(55-28(5)47)40(54-27(4)46)38(25(2)52-43)53-26(3)45)36(49)34(58-42)23-51-60(44(6,7)8,30-15-11-9-12-16-30)31-17-13-10-14-18-31/h9-22,25,34,36-43,49-50H,23H2,1-8H3/t25-,34+,36-,37+,38+,39-,40+,41-,42+,43-/m0/s1. The molecule has 3 aromatic carbocycles. The average molecular weight is 849 g/mol. The first-order chi connectivity index (χ1) is 28.4. The van der Waals surface area contributed by atoms with Gasteiger partial charge in [-0.05, 0) is 47.0 Å².